The second-order valence-corrected chi connectivity index (χ2v) is 5.29. The van der Waals surface area contributed by atoms with Crippen LogP contribution in [0, 0.1) is 0 Å². The molecule has 20 heavy (non-hydrogen) atoms. The Kier molecular flexibility index (Phi) is 3.82. The Balaban J connectivity index is 1.71. The third kappa shape index (κ3) is 2.74. The van der Waals surface area contributed by atoms with Gasteiger partial charge in [0, 0.05) is 13.0 Å². The van der Waals surface area contributed by atoms with E-state index in [1.54, 1.807) is 0 Å². The molecule has 1 aliphatic rings. The first-order valence-electron chi connectivity index (χ1n) is 7.23. The van der Waals surface area contributed by atoms with Gasteiger partial charge in [-0.1, -0.05) is 60.7 Å². The van der Waals surface area contributed by atoms with Crippen LogP contribution in [0.4, 0.5) is 0 Å². The molecule has 0 aromatic heterocycles. The van der Waals surface area contributed by atoms with E-state index in [4.69, 9.17) is 0 Å². The Labute approximate surface area is 120 Å². The van der Waals surface area contributed by atoms with Crippen LogP contribution in [-0.2, 0) is 11.2 Å². The number of hydrogen-bond acceptors (Lipinski definition) is 1. The van der Waals surface area contributed by atoms with Crippen molar-refractivity contribution in [2.24, 2.45) is 0 Å². The lowest BCUT2D eigenvalue weighted by atomic mass is 10.0. The molecule has 0 spiro atoms. The fraction of sp³-hybridized carbons (Fsp3) is 0.278. The first-order chi connectivity index (χ1) is 9.84. The molecule has 1 unspecified atom stereocenters. The number of carbonyl (C=O) groups is 1. The molecule has 0 aliphatic carbocycles. The summed E-state index contributed by atoms with van der Waals surface area (Å²) in [6.07, 6.45) is 2.54. The highest BCUT2D eigenvalue weighted by atomic mass is 16.2. The number of amides is 1. The van der Waals surface area contributed by atoms with Crippen LogP contribution in [0.3, 0.4) is 0 Å². The van der Waals surface area contributed by atoms with Crippen LogP contribution in [0.2, 0.25) is 0 Å². The molecular formula is C18H19NO. The topological polar surface area (TPSA) is 20.3 Å². The van der Waals surface area contributed by atoms with Crippen molar-refractivity contribution in [1.82, 2.24) is 4.90 Å². The number of benzene rings is 2. The highest BCUT2D eigenvalue weighted by Gasteiger charge is 2.31. The summed E-state index contributed by atoms with van der Waals surface area (Å²) in [7, 11) is 0. The minimum absolute atomic E-state index is 0.257. The third-order valence-electron chi connectivity index (χ3n) is 4.00. The van der Waals surface area contributed by atoms with E-state index in [0.717, 1.165) is 19.4 Å². The van der Waals surface area contributed by atoms with Gasteiger partial charge in [-0.25, -0.2) is 0 Å². The maximum atomic E-state index is 12.1. The number of hydrogen-bond donors (Lipinski definition) is 0. The van der Waals surface area contributed by atoms with Crippen molar-refractivity contribution in [1.29, 1.82) is 0 Å². The lowest BCUT2D eigenvalue weighted by Crippen LogP contribution is -2.29. The number of likely N-dealkylation sites (tertiary alicyclic amines) is 1. The summed E-state index contributed by atoms with van der Waals surface area (Å²) in [5.41, 5.74) is 2.55. The van der Waals surface area contributed by atoms with Crippen LogP contribution in [0.15, 0.2) is 60.7 Å². The predicted octanol–water partition coefficient (Wildman–Crippen LogP) is 3.59. The Bertz CT molecular complexity index is 564. The Morgan fingerprint density at radius 3 is 2.30 bits per heavy atom. The smallest absolute Gasteiger partial charge is 0.223 e. The van der Waals surface area contributed by atoms with E-state index in [-0.39, 0.29) is 11.9 Å². The predicted molar refractivity (Wildman–Crippen MR) is 80.3 cm³/mol. The van der Waals surface area contributed by atoms with Gasteiger partial charge in [0.05, 0.1) is 6.04 Å². The molecule has 1 saturated heterocycles. The van der Waals surface area contributed by atoms with Crippen LogP contribution in [0.5, 0.6) is 0 Å². The number of rotatable bonds is 4. The number of carbonyl (C=O) groups excluding carboxylic acids is 1. The zero-order valence-electron chi connectivity index (χ0n) is 11.5. The van der Waals surface area contributed by atoms with Gasteiger partial charge in [-0.2, -0.15) is 0 Å². The van der Waals surface area contributed by atoms with Crippen LogP contribution in [0.1, 0.15) is 30.0 Å². The Morgan fingerprint density at radius 2 is 1.60 bits per heavy atom. The van der Waals surface area contributed by atoms with Crippen molar-refractivity contribution in [3.63, 3.8) is 0 Å². The maximum absolute atomic E-state index is 12.1. The zero-order chi connectivity index (χ0) is 13.8. The molecule has 102 valence electrons. The largest absolute Gasteiger partial charge is 0.335 e. The standard InChI is InChI=1S/C18H19NO/c20-18-12-11-17(16-9-5-2-6-10-16)19(18)14-13-15-7-3-1-4-8-15/h1-10,17H,11-14H2. The van der Waals surface area contributed by atoms with Gasteiger partial charge in [-0.3, -0.25) is 4.79 Å². The minimum atomic E-state index is 0.257. The molecule has 0 saturated carbocycles. The molecule has 1 aliphatic heterocycles. The zero-order valence-corrected chi connectivity index (χ0v) is 11.5. The molecule has 2 aromatic carbocycles. The molecule has 1 atom stereocenters. The quantitative estimate of drug-likeness (QED) is 0.827. The van der Waals surface area contributed by atoms with Gasteiger partial charge in [0.25, 0.3) is 0 Å². The van der Waals surface area contributed by atoms with Crippen LogP contribution < -0.4 is 0 Å². The van der Waals surface area contributed by atoms with E-state index in [0.29, 0.717) is 6.42 Å². The SMILES string of the molecule is O=C1CCC(c2ccccc2)N1CCc1ccccc1. The fourth-order valence-electron chi connectivity index (χ4n) is 2.93. The van der Waals surface area contributed by atoms with Gasteiger partial charge in [-0.05, 0) is 24.0 Å². The van der Waals surface area contributed by atoms with Crippen molar-refractivity contribution in [2.45, 2.75) is 25.3 Å². The Hall–Kier alpha value is -2.09. The first kappa shape index (κ1) is 12.9. The van der Waals surface area contributed by atoms with Gasteiger partial charge < -0.3 is 4.90 Å². The normalized spacial score (nSPS) is 18.5. The molecular weight excluding hydrogens is 246 g/mol. The second-order valence-electron chi connectivity index (χ2n) is 5.29. The van der Waals surface area contributed by atoms with E-state index < -0.39 is 0 Å². The van der Waals surface area contributed by atoms with Gasteiger partial charge in [0.15, 0.2) is 0 Å². The molecule has 0 radical (unpaired) electrons. The molecule has 0 N–H and O–H groups in total. The summed E-state index contributed by atoms with van der Waals surface area (Å²) in [6.45, 7) is 0.808. The van der Waals surface area contributed by atoms with Gasteiger partial charge >= 0.3 is 0 Å². The van der Waals surface area contributed by atoms with Gasteiger partial charge in [0.1, 0.15) is 0 Å². The van der Waals surface area contributed by atoms with Crippen molar-refractivity contribution in [3.05, 3.63) is 71.8 Å². The highest BCUT2D eigenvalue weighted by Crippen LogP contribution is 2.32. The molecule has 2 nitrogen and oxygen atoms in total. The average molecular weight is 265 g/mol. The first-order valence-corrected chi connectivity index (χ1v) is 7.23. The highest BCUT2D eigenvalue weighted by molar-refractivity contribution is 5.79. The average Bonchev–Trinajstić information content (AvgIpc) is 2.88. The molecule has 2 aromatic rings. The maximum Gasteiger partial charge on any atom is 0.223 e. The summed E-state index contributed by atoms with van der Waals surface area (Å²) in [6, 6.07) is 21.0. The van der Waals surface area contributed by atoms with Crippen molar-refractivity contribution in [2.75, 3.05) is 6.54 Å². The Morgan fingerprint density at radius 1 is 0.950 bits per heavy atom. The molecule has 1 heterocycles. The summed E-state index contributed by atoms with van der Waals surface area (Å²) in [5.74, 6) is 0.287. The minimum Gasteiger partial charge on any atom is -0.335 e. The van der Waals surface area contributed by atoms with E-state index in [9.17, 15) is 4.79 Å². The van der Waals surface area contributed by atoms with E-state index in [1.165, 1.54) is 11.1 Å². The monoisotopic (exact) mass is 265 g/mol. The lowest BCUT2D eigenvalue weighted by Gasteiger charge is -2.25. The van der Waals surface area contributed by atoms with Crippen molar-refractivity contribution < 1.29 is 4.79 Å². The van der Waals surface area contributed by atoms with E-state index in [2.05, 4.69) is 36.4 Å². The van der Waals surface area contributed by atoms with Gasteiger partial charge in [0.2, 0.25) is 5.91 Å². The summed E-state index contributed by atoms with van der Waals surface area (Å²) >= 11 is 0. The molecule has 0 bridgehead atoms. The van der Waals surface area contributed by atoms with Crippen LogP contribution in [-0.4, -0.2) is 17.4 Å². The van der Waals surface area contributed by atoms with E-state index >= 15 is 0 Å². The third-order valence-corrected chi connectivity index (χ3v) is 4.00. The fourth-order valence-corrected chi connectivity index (χ4v) is 2.93. The summed E-state index contributed by atoms with van der Waals surface area (Å²) < 4.78 is 0. The summed E-state index contributed by atoms with van der Waals surface area (Å²) in [4.78, 5) is 14.1. The summed E-state index contributed by atoms with van der Waals surface area (Å²) in [5, 5.41) is 0. The van der Waals surface area contributed by atoms with Crippen LogP contribution in [0.25, 0.3) is 0 Å². The van der Waals surface area contributed by atoms with Crippen molar-refractivity contribution >= 4 is 5.91 Å². The van der Waals surface area contributed by atoms with E-state index in [1.807, 2.05) is 29.2 Å². The van der Waals surface area contributed by atoms with Gasteiger partial charge in [-0.15, -0.1) is 0 Å². The number of nitrogens with zero attached hydrogens (tertiary/aromatic N) is 1. The van der Waals surface area contributed by atoms with Crippen LogP contribution >= 0.6 is 0 Å². The van der Waals surface area contributed by atoms with Crippen molar-refractivity contribution in [3.8, 4) is 0 Å². The molecule has 2 heteroatoms. The lowest BCUT2D eigenvalue weighted by molar-refractivity contribution is -0.129. The molecule has 3 rings (SSSR count). The second kappa shape index (κ2) is 5.91. The molecule has 1 amide bonds. The molecule has 1 fully saturated rings.